The fourth-order valence-corrected chi connectivity index (χ4v) is 2.14. The number of nitrogens with one attached hydrogen (secondary N) is 2. The first-order valence-electron chi connectivity index (χ1n) is 7.94. The van der Waals surface area contributed by atoms with Gasteiger partial charge >= 0.3 is 0 Å². The highest BCUT2D eigenvalue weighted by Gasteiger charge is 2.36. The van der Waals surface area contributed by atoms with Gasteiger partial charge in [-0.3, -0.25) is 9.59 Å². The summed E-state index contributed by atoms with van der Waals surface area (Å²) in [6, 6.07) is 13.7. The van der Waals surface area contributed by atoms with Crippen LogP contribution in [-0.2, 0) is 9.59 Å². The number of anilines is 2. The van der Waals surface area contributed by atoms with Crippen molar-refractivity contribution in [3.63, 3.8) is 0 Å². The Morgan fingerprint density at radius 2 is 1.36 bits per heavy atom. The number of ether oxygens (including phenoxy) is 1. The Morgan fingerprint density at radius 1 is 0.920 bits per heavy atom. The molecule has 2 N–H and O–H groups in total. The Kier molecular flexibility index (Phi) is 6.04. The summed E-state index contributed by atoms with van der Waals surface area (Å²) in [5.74, 6) is -0.0818. The molecule has 0 bridgehead atoms. The van der Waals surface area contributed by atoms with Gasteiger partial charge in [-0.1, -0.05) is 11.6 Å². The van der Waals surface area contributed by atoms with E-state index in [0.29, 0.717) is 23.0 Å². The summed E-state index contributed by atoms with van der Waals surface area (Å²) in [6.07, 6.45) is 0. The predicted molar refractivity (Wildman–Crippen MR) is 100 cm³/mol. The highest BCUT2D eigenvalue weighted by atomic mass is 35.5. The molecule has 2 aromatic rings. The largest absolute Gasteiger partial charge is 0.494 e. The van der Waals surface area contributed by atoms with Crippen LogP contribution in [-0.4, -0.2) is 18.4 Å². The van der Waals surface area contributed by atoms with Gasteiger partial charge in [0.05, 0.1) is 6.61 Å². The number of amides is 2. The van der Waals surface area contributed by atoms with Gasteiger partial charge in [0.2, 0.25) is 11.8 Å². The van der Waals surface area contributed by atoms with E-state index in [1.807, 2.05) is 6.92 Å². The summed E-state index contributed by atoms with van der Waals surface area (Å²) in [6.45, 7) is 5.62. The van der Waals surface area contributed by atoms with Crippen LogP contribution in [0.1, 0.15) is 20.8 Å². The number of carbonyl (C=O) groups is 2. The molecule has 0 atom stereocenters. The van der Waals surface area contributed by atoms with E-state index in [-0.39, 0.29) is 0 Å². The summed E-state index contributed by atoms with van der Waals surface area (Å²) in [4.78, 5) is 25.0. The molecule has 0 saturated carbocycles. The lowest BCUT2D eigenvalue weighted by Crippen LogP contribution is -2.41. The van der Waals surface area contributed by atoms with E-state index in [1.54, 1.807) is 62.4 Å². The molecule has 0 unspecified atom stereocenters. The summed E-state index contributed by atoms with van der Waals surface area (Å²) in [5, 5.41) is 6.05. The summed E-state index contributed by atoms with van der Waals surface area (Å²) >= 11 is 5.82. The Morgan fingerprint density at radius 3 is 1.80 bits per heavy atom. The van der Waals surface area contributed by atoms with Gasteiger partial charge < -0.3 is 15.4 Å². The molecule has 0 aliphatic rings. The SMILES string of the molecule is CCOc1ccc(NC(=O)C(C)(C)C(=O)Nc2ccc(Cl)cc2)cc1. The first-order valence-corrected chi connectivity index (χ1v) is 8.32. The minimum atomic E-state index is -1.25. The van der Waals surface area contributed by atoms with Crippen LogP contribution in [0.4, 0.5) is 11.4 Å². The molecule has 0 spiro atoms. The van der Waals surface area contributed by atoms with E-state index in [9.17, 15) is 9.59 Å². The fourth-order valence-electron chi connectivity index (χ4n) is 2.01. The maximum absolute atomic E-state index is 12.5. The standard InChI is InChI=1S/C19H21ClN2O3/c1-4-25-16-11-9-15(10-12-16)22-18(24)19(2,3)17(23)21-14-7-5-13(20)6-8-14/h5-12H,4H2,1-3H3,(H,21,23)(H,22,24). The first-order chi connectivity index (χ1) is 11.8. The van der Waals surface area contributed by atoms with Crippen LogP contribution in [0.5, 0.6) is 5.75 Å². The topological polar surface area (TPSA) is 67.4 Å². The normalized spacial score (nSPS) is 10.9. The van der Waals surface area contributed by atoms with Crippen molar-refractivity contribution in [2.75, 3.05) is 17.2 Å². The summed E-state index contributed by atoms with van der Waals surface area (Å²) in [7, 11) is 0. The number of halogens is 1. The van der Waals surface area contributed by atoms with Crippen LogP contribution in [0.25, 0.3) is 0 Å². The van der Waals surface area contributed by atoms with Gasteiger partial charge in [0, 0.05) is 16.4 Å². The number of carbonyl (C=O) groups excluding carboxylic acids is 2. The average molecular weight is 361 g/mol. The van der Waals surface area contributed by atoms with Gasteiger partial charge in [-0.2, -0.15) is 0 Å². The quantitative estimate of drug-likeness (QED) is 0.753. The second-order valence-electron chi connectivity index (χ2n) is 6.00. The zero-order valence-electron chi connectivity index (χ0n) is 14.4. The molecule has 0 fully saturated rings. The van der Waals surface area contributed by atoms with Gasteiger partial charge in [-0.25, -0.2) is 0 Å². The van der Waals surface area contributed by atoms with Gasteiger partial charge in [0.25, 0.3) is 0 Å². The molecule has 25 heavy (non-hydrogen) atoms. The number of benzene rings is 2. The molecule has 132 valence electrons. The molecule has 6 heteroatoms. The van der Waals surface area contributed by atoms with Crippen LogP contribution >= 0.6 is 11.6 Å². The minimum Gasteiger partial charge on any atom is -0.494 e. The highest BCUT2D eigenvalue weighted by Crippen LogP contribution is 2.23. The molecule has 2 rings (SSSR count). The smallest absolute Gasteiger partial charge is 0.239 e. The fraction of sp³-hybridized carbons (Fsp3) is 0.263. The lowest BCUT2D eigenvalue weighted by atomic mass is 9.90. The molecule has 0 radical (unpaired) electrons. The van der Waals surface area contributed by atoms with E-state index in [0.717, 1.165) is 5.75 Å². The van der Waals surface area contributed by atoms with Crippen LogP contribution in [0.15, 0.2) is 48.5 Å². The number of hydrogen-bond donors (Lipinski definition) is 2. The maximum Gasteiger partial charge on any atom is 0.239 e. The Bertz CT molecular complexity index is 740. The summed E-state index contributed by atoms with van der Waals surface area (Å²) in [5.41, 5.74) is -0.0738. The summed E-state index contributed by atoms with van der Waals surface area (Å²) < 4.78 is 5.36. The Labute approximate surface area is 152 Å². The van der Waals surface area contributed by atoms with Gasteiger partial charge in [-0.05, 0) is 69.3 Å². The van der Waals surface area contributed by atoms with Crippen LogP contribution in [0.2, 0.25) is 5.02 Å². The lowest BCUT2D eigenvalue weighted by molar-refractivity contribution is -0.135. The van der Waals surface area contributed by atoms with Gasteiger partial charge in [0.1, 0.15) is 11.2 Å². The van der Waals surface area contributed by atoms with Crippen molar-refractivity contribution in [2.24, 2.45) is 5.41 Å². The van der Waals surface area contributed by atoms with Gasteiger partial charge in [0.15, 0.2) is 0 Å². The van der Waals surface area contributed by atoms with Crippen molar-refractivity contribution in [1.29, 1.82) is 0 Å². The van der Waals surface area contributed by atoms with Crippen LogP contribution in [0, 0.1) is 5.41 Å². The number of rotatable bonds is 6. The molecule has 5 nitrogen and oxygen atoms in total. The lowest BCUT2D eigenvalue weighted by Gasteiger charge is -2.23. The van der Waals surface area contributed by atoms with Crippen molar-refractivity contribution in [3.8, 4) is 5.75 Å². The predicted octanol–water partition coefficient (Wildman–Crippen LogP) is 4.34. The third kappa shape index (κ3) is 4.97. The molecular weight excluding hydrogens is 340 g/mol. The third-order valence-electron chi connectivity index (χ3n) is 3.66. The molecule has 0 heterocycles. The molecule has 0 aliphatic carbocycles. The van der Waals surface area contributed by atoms with Gasteiger partial charge in [-0.15, -0.1) is 0 Å². The molecule has 2 amide bonds. The highest BCUT2D eigenvalue weighted by molar-refractivity contribution is 6.30. The number of hydrogen-bond acceptors (Lipinski definition) is 3. The molecule has 0 aromatic heterocycles. The molecule has 2 aromatic carbocycles. The van der Waals surface area contributed by atoms with Crippen molar-refractivity contribution < 1.29 is 14.3 Å². The van der Waals surface area contributed by atoms with Crippen molar-refractivity contribution >= 4 is 34.8 Å². The van der Waals surface area contributed by atoms with E-state index in [1.165, 1.54) is 0 Å². The van der Waals surface area contributed by atoms with Crippen LogP contribution < -0.4 is 15.4 Å². The molecule has 0 aliphatic heterocycles. The minimum absolute atomic E-state index is 0.400. The van der Waals surface area contributed by atoms with Crippen molar-refractivity contribution in [3.05, 3.63) is 53.6 Å². The Balaban J connectivity index is 2.02. The van der Waals surface area contributed by atoms with Crippen LogP contribution in [0.3, 0.4) is 0 Å². The van der Waals surface area contributed by atoms with Crippen molar-refractivity contribution in [2.45, 2.75) is 20.8 Å². The second kappa shape index (κ2) is 8.03. The second-order valence-corrected chi connectivity index (χ2v) is 6.43. The molecule has 0 saturated heterocycles. The zero-order valence-corrected chi connectivity index (χ0v) is 15.2. The zero-order chi connectivity index (χ0) is 18.4. The van der Waals surface area contributed by atoms with E-state index >= 15 is 0 Å². The third-order valence-corrected chi connectivity index (χ3v) is 3.91. The van der Waals surface area contributed by atoms with Crippen molar-refractivity contribution in [1.82, 2.24) is 0 Å². The molecular formula is C19H21ClN2O3. The first kappa shape index (κ1) is 18.8. The van der Waals surface area contributed by atoms with E-state index in [2.05, 4.69) is 10.6 Å². The van der Waals surface area contributed by atoms with E-state index < -0.39 is 17.2 Å². The van der Waals surface area contributed by atoms with E-state index in [4.69, 9.17) is 16.3 Å². The maximum atomic E-state index is 12.5. The average Bonchev–Trinajstić information content (AvgIpc) is 2.58. The monoisotopic (exact) mass is 360 g/mol. The Hall–Kier alpha value is -2.53.